The number of carbonyl (C=O) groups excluding carboxylic acids is 1. The molecule has 5 rings (SSSR count). The number of carbonyl (C=O) groups is 1. The molecule has 1 amide bonds. The molecule has 26 heavy (non-hydrogen) atoms. The van der Waals surface area contributed by atoms with Crippen molar-refractivity contribution in [3.8, 4) is 5.82 Å². The van der Waals surface area contributed by atoms with Gasteiger partial charge < -0.3 is 4.90 Å². The number of hydrogen-bond donors (Lipinski definition) is 0. The summed E-state index contributed by atoms with van der Waals surface area (Å²) in [6.45, 7) is 0. The summed E-state index contributed by atoms with van der Waals surface area (Å²) < 4.78 is 1.83. The fourth-order valence-corrected chi connectivity index (χ4v) is 3.95. The number of fused-ring (bicyclic) bond motifs is 1. The van der Waals surface area contributed by atoms with Crippen molar-refractivity contribution in [3.63, 3.8) is 0 Å². The van der Waals surface area contributed by atoms with Crippen LogP contribution in [0.15, 0.2) is 61.3 Å². The van der Waals surface area contributed by atoms with E-state index in [1.807, 2.05) is 22.9 Å². The maximum absolute atomic E-state index is 13.3. The van der Waals surface area contributed by atoms with Crippen LogP contribution in [0.5, 0.6) is 0 Å². The molecule has 0 unspecified atom stereocenters. The molecular weight excluding hydrogens is 324 g/mol. The smallest absolute Gasteiger partial charge is 0.256 e. The molecule has 2 aromatic heterocycles. The second kappa shape index (κ2) is 6.09. The second-order valence-electron chi connectivity index (χ2n) is 7.07. The summed E-state index contributed by atoms with van der Waals surface area (Å²) in [6.07, 6.45) is 11.2. The van der Waals surface area contributed by atoms with Crippen LogP contribution in [0.2, 0.25) is 0 Å². The lowest BCUT2D eigenvalue weighted by Gasteiger charge is -2.30. The number of aromatic nitrogens is 3. The van der Waals surface area contributed by atoms with Gasteiger partial charge in [0.1, 0.15) is 12.1 Å². The predicted molar refractivity (Wildman–Crippen MR) is 98.1 cm³/mol. The van der Waals surface area contributed by atoms with Crippen LogP contribution in [0.25, 0.3) is 5.82 Å². The number of imidazole rings is 1. The quantitative estimate of drug-likeness (QED) is 0.727. The molecule has 1 atom stereocenters. The Morgan fingerprint density at radius 3 is 2.73 bits per heavy atom. The normalized spacial score (nSPS) is 18.5. The van der Waals surface area contributed by atoms with Crippen LogP contribution in [0.1, 0.15) is 46.8 Å². The summed E-state index contributed by atoms with van der Waals surface area (Å²) in [5.74, 6) is 0.863. The zero-order valence-corrected chi connectivity index (χ0v) is 14.5. The average molecular weight is 344 g/mol. The van der Waals surface area contributed by atoms with Crippen molar-refractivity contribution in [1.82, 2.24) is 19.4 Å². The van der Waals surface area contributed by atoms with Gasteiger partial charge in [-0.3, -0.25) is 9.36 Å². The largest absolute Gasteiger partial charge is 0.329 e. The molecule has 1 aromatic carbocycles. The second-order valence-corrected chi connectivity index (χ2v) is 7.07. The molecule has 5 heteroatoms. The molecule has 1 saturated carbocycles. The lowest BCUT2D eigenvalue weighted by atomic mass is 10.1. The van der Waals surface area contributed by atoms with Crippen molar-refractivity contribution in [1.29, 1.82) is 0 Å². The summed E-state index contributed by atoms with van der Waals surface area (Å²) in [7, 11) is 0. The summed E-state index contributed by atoms with van der Waals surface area (Å²) in [6, 6.07) is 12.8. The van der Waals surface area contributed by atoms with Crippen LogP contribution < -0.4 is 0 Å². The third-order valence-electron chi connectivity index (χ3n) is 5.38. The van der Waals surface area contributed by atoms with E-state index in [4.69, 9.17) is 0 Å². The van der Waals surface area contributed by atoms with E-state index in [0.29, 0.717) is 11.6 Å². The monoisotopic (exact) mass is 344 g/mol. The Hall–Kier alpha value is -2.95. The standard InChI is InChI=1S/C21H20N4O/c26-21(16-6-10-20(23-13-16)24-12-11-22-14-24)25(17-7-8-17)19-9-5-15-3-1-2-4-18(15)19/h1-4,6,10-14,17,19H,5,7-9H2/t19-/m0/s1. The van der Waals surface area contributed by atoms with Crippen molar-refractivity contribution in [2.24, 2.45) is 0 Å². The summed E-state index contributed by atoms with van der Waals surface area (Å²) >= 11 is 0. The number of aryl methyl sites for hydroxylation is 1. The highest BCUT2D eigenvalue weighted by Crippen LogP contribution is 2.42. The van der Waals surface area contributed by atoms with E-state index in [1.54, 1.807) is 18.7 Å². The molecule has 2 aliphatic carbocycles. The Morgan fingerprint density at radius 2 is 2.00 bits per heavy atom. The van der Waals surface area contributed by atoms with Gasteiger partial charge in [0, 0.05) is 24.6 Å². The van der Waals surface area contributed by atoms with Crippen molar-refractivity contribution >= 4 is 5.91 Å². The Morgan fingerprint density at radius 1 is 1.12 bits per heavy atom. The number of nitrogens with zero attached hydrogens (tertiary/aromatic N) is 4. The van der Waals surface area contributed by atoms with Crippen LogP contribution in [0.4, 0.5) is 0 Å². The van der Waals surface area contributed by atoms with Gasteiger partial charge in [-0.25, -0.2) is 9.97 Å². The highest BCUT2D eigenvalue weighted by atomic mass is 16.2. The van der Waals surface area contributed by atoms with Crippen molar-refractivity contribution in [3.05, 3.63) is 78.0 Å². The number of amides is 1. The highest BCUT2D eigenvalue weighted by molar-refractivity contribution is 5.94. The van der Waals surface area contributed by atoms with Gasteiger partial charge in [0.2, 0.25) is 0 Å². The van der Waals surface area contributed by atoms with Gasteiger partial charge in [-0.2, -0.15) is 0 Å². The number of rotatable bonds is 4. The Bertz CT molecular complexity index is 929. The molecule has 5 nitrogen and oxygen atoms in total. The third-order valence-corrected chi connectivity index (χ3v) is 5.38. The van der Waals surface area contributed by atoms with Crippen molar-refractivity contribution in [2.75, 3.05) is 0 Å². The number of hydrogen-bond acceptors (Lipinski definition) is 3. The van der Waals surface area contributed by atoms with Crippen molar-refractivity contribution < 1.29 is 4.79 Å². The highest BCUT2D eigenvalue weighted by Gasteiger charge is 2.40. The molecule has 0 aliphatic heterocycles. The van der Waals surface area contributed by atoms with Gasteiger partial charge in [0.05, 0.1) is 11.6 Å². The van der Waals surface area contributed by atoms with Gasteiger partial charge in [0.15, 0.2) is 0 Å². The minimum atomic E-state index is 0.0962. The molecule has 2 aliphatic rings. The zero-order valence-electron chi connectivity index (χ0n) is 14.5. The van der Waals surface area contributed by atoms with E-state index in [-0.39, 0.29) is 11.9 Å². The molecule has 0 bridgehead atoms. The topological polar surface area (TPSA) is 51.0 Å². The first-order valence-electron chi connectivity index (χ1n) is 9.16. The van der Waals surface area contributed by atoms with Crippen molar-refractivity contribution in [2.45, 2.75) is 37.8 Å². The van der Waals surface area contributed by atoms with Crippen LogP contribution >= 0.6 is 0 Å². The number of pyridine rings is 1. The van der Waals surface area contributed by atoms with E-state index in [9.17, 15) is 4.79 Å². The first kappa shape index (κ1) is 15.3. The minimum Gasteiger partial charge on any atom is -0.329 e. The zero-order chi connectivity index (χ0) is 17.5. The fraction of sp³-hybridized carbons (Fsp3) is 0.286. The molecule has 2 heterocycles. The lowest BCUT2D eigenvalue weighted by Crippen LogP contribution is -2.36. The maximum atomic E-state index is 13.3. The van der Waals surface area contributed by atoms with Gasteiger partial charge in [0.25, 0.3) is 5.91 Å². The lowest BCUT2D eigenvalue weighted by molar-refractivity contribution is 0.0657. The first-order valence-corrected chi connectivity index (χ1v) is 9.16. The molecule has 0 radical (unpaired) electrons. The third kappa shape index (κ3) is 2.60. The summed E-state index contributed by atoms with van der Waals surface area (Å²) in [4.78, 5) is 23.9. The van der Waals surface area contributed by atoms with E-state index in [1.165, 1.54) is 11.1 Å². The van der Waals surface area contributed by atoms with Crippen LogP contribution in [-0.4, -0.2) is 31.4 Å². The van der Waals surface area contributed by atoms with Gasteiger partial charge in [-0.1, -0.05) is 24.3 Å². The van der Waals surface area contributed by atoms with E-state index >= 15 is 0 Å². The Balaban J connectivity index is 1.44. The average Bonchev–Trinajstić information content (AvgIpc) is 3.20. The molecule has 0 saturated heterocycles. The van der Waals surface area contributed by atoms with E-state index < -0.39 is 0 Å². The van der Waals surface area contributed by atoms with Gasteiger partial charge in [-0.15, -0.1) is 0 Å². The minimum absolute atomic E-state index is 0.0962. The molecule has 3 aromatic rings. The van der Waals surface area contributed by atoms with E-state index in [2.05, 4.69) is 39.1 Å². The first-order chi connectivity index (χ1) is 12.8. The molecule has 0 N–H and O–H groups in total. The van der Waals surface area contributed by atoms with Gasteiger partial charge >= 0.3 is 0 Å². The van der Waals surface area contributed by atoms with Gasteiger partial charge in [-0.05, 0) is 48.9 Å². The SMILES string of the molecule is O=C(c1ccc(-n2ccnc2)nc1)N(C1CC1)[C@H]1CCc2ccccc21. The maximum Gasteiger partial charge on any atom is 0.256 e. The fourth-order valence-electron chi connectivity index (χ4n) is 3.95. The molecule has 0 spiro atoms. The molecular formula is C21H20N4O. The summed E-state index contributed by atoms with van der Waals surface area (Å²) in [5, 5.41) is 0. The summed E-state index contributed by atoms with van der Waals surface area (Å²) in [5.41, 5.74) is 3.35. The van der Waals surface area contributed by atoms with E-state index in [0.717, 1.165) is 31.5 Å². The Kier molecular flexibility index (Phi) is 3.59. The molecule has 130 valence electrons. The number of benzene rings is 1. The predicted octanol–water partition coefficient (Wildman–Crippen LogP) is 3.56. The molecule has 1 fully saturated rings. The van der Waals surface area contributed by atoms with Crippen LogP contribution in [-0.2, 0) is 6.42 Å². The van der Waals surface area contributed by atoms with Crippen LogP contribution in [0, 0.1) is 0 Å². The van der Waals surface area contributed by atoms with Crippen LogP contribution in [0.3, 0.4) is 0 Å². The Labute approximate surface area is 152 Å².